The third-order valence-electron chi connectivity index (χ3n) is 4.92. The van der Waals surface area contributed by atoms with Gasteiger partial charge in [-0.25, -0.2) is 0 Å². The first-order chi connectivity index (χ1) is 14.6. The minimum atomic E-state index is -0.148. The van der Waals surface area contributed by atoms with E-state index in [1.807, 2.05) is 73.7 Å². The van der Waals surface area contributed by atoms with Crippen LogP contribution in [0.2, 0.25) is 0 Å². The molecule has 0 spiro atoms. The highest BCUT2D eigenvalue weighted by Gasteiger charge is 2.08. The monoisotopic (exact) mass is 401 g/mol. The molecule has 4 heteroatoms. The second-order valence-electron chi connectivity index (χ2n) is 7.10. The van der Waals surface area contributed by atoms with E-state index in [2.05, 4.69) is 18.3 Å². The van der Waals surface area contributed by atoms with Crippen molar-refractivity contribution in [3.8, 4) is 11.5 Å². The Bertz CT molecular complexity index is 1010. The van der Waals surface area contributed by atoms with Gasteiger partial charge in [-0.05, 0) is 54.3 Å². The first kappa shape index (κ1) is 21.2. The van der Waals surface area contributed by atoms with Crippen LogP contribution in [-0.2, 0) is 11.4 Å². The number of rotatable bonds is 8. The lowest BCUT2D eigenvalue weighted by Crippen LogP contribution is -2.24. The number of amides is 1. The van der Waals surface area contributed by atoms with Crippen LogP contribution in [0.3, 0.4) is 0 Å². The van der Waals surface area contributed by atoms with Crippen molar-refractivity contribution in [1.82, 2.24) is 5.32 Å². The van der Waals surface area contributed by atoms with Crippen molar-refractivity contribution in [2.24, 2.45) is 0 Å². The molecule has 1 amide bonds. The van der Waals surface area contributed by atoms with Crippen LogP contribution < -0.4 is 14.8 Å². The molecule has 0 aliphatic carbocycles. The minimum absolute atomic E-state index is 0.0601. The molecule has 0 fully saturated rings. The molecule has 0 saturated carbocycles. The zero-order chi connectivity index (χ0) is 21.3. The fraction of sp³-hybridized carbons (Fsp3) is 0.192. The van der Waals surface area contributed by atoms with E-state index >= 15 is 0 Å². The zero-order valence-corrected chi connectivity index (χ0v) is 17.6. The number of hydrogen-bond acceptors (Lipinski definition) is 3. The van der Waals surface area contributed by atoms with Crippen molar-refractivity contribution in [2.45, 2.75) is 26.5 Å². The van der Waals surface area contributed by atoms with E-state index in [0.29, 0.717) is 18.1 Å². The Kier molecular flexibility index (Phi) is 7.28. The summed E-state index contributed by atoms with van der Waals surface area (Å²) in [6.45, 7) is 4.50. The summed E-state index contributed by atoms with van der Waals surface area (Å²) in [5.74, 6) is 1.15. The van der Waals surface area contributed by atoms with E-state index in [-0.39, 0.29) is 11.9 Å². The predicted molar refractivity (Wildman–Crippen MR) is 121 cm³/mol. The summed E-state index contributed by atoms with van der Waals surface area (Å²) in [6.07, 6.45) is 3.29. The number of benzene rings is 3. The Labute approximate surface area is 178 Å². The molecule has 1 atom stereocenters. The second-order valence-corrected chi connectivity index (χ2v) is 7.10. The van der Waals surface area contributed by atoms with Crippen LogP contribution in [0.15, 0.2) is 78.9 Å². The maximum atomic E-state index is 12.3. The molecule has 154 valence electrons. The van der Waals surface area contributed by atoms with E-state index in [4.69, 9.17) is 9.47 Å². The Morgan fingerprint density at radius 2 is 1.73 bits per heavy atom. The Hall–Kier alpha value is -3.53. The van der Waals surface area contributed by atoms with Crippen molar-refractivity contribution in [3.05, 3.63) is 101 Å². The Morgan fingerprint density at radius 1 is 1.00 bits per heavy atom. The highest BCUT2D eigenvalue weighted by Crippen LogP contribution is 2.29. The third-order valence-corrected chi connectivity index (χ3v) is 4.92. The van der Waals surface area contributed by atoms with Gasteiger partial charge in [0.15, 0.2) is 11.5 Å². The number of hydrogen-bond donors (Lipinski definition) is 1. The number of carbonyl (C=O) groups is 1. The molecule has 0 aliphatic rings. The van der Waals surface area contributed by atoms with Crippen LogP contribution >= 0.6 is 0 Å². The minimum Gasteiger partial charge on any atom is -0.493 e. The van der Waals surface area contributed by atoms with Crippen LogP contribution in [0.25, 0.3) is 6.08 Å². The Morgan fingerprint density at radius 3 is 2.47 bits per heavy atom. The Balaban J connectivity index is 1.62. The first-order valence-corrected chi connectivity index (χ1v) is 9.95. The molecular weight excluding hydrogens is 374 g/mol. The molecule has 0 bridgehead atoms. The van der Waals surface area contributed by atoms with E-state index in [0.717, 1.165) is 16.7 Å². The summed E-state index contributed by atoms with van der Waals surface area (Å²) in [4.78, 5) is 12.3. The molecule has 1 N–H and O–H groups in total. The molecule has 0 aliphatic heterocycles. The summed E-state index contributed by atoms with van der Waals surface area (Å²) >= 11 is 0. The lowest BCUT2D eigenvalue weighted by molar-refractivity contribution is -0.117. The van der Waals surface area contributed by atoms with Crippen molar-refractivity contribution < 1.29 is 14.3 Å². The lowest BCUT2D eigenvalue weighted by atomic mass is 10.1. The largest absolute Gasteiger partial charge is 0.493 e. The maximum Gasteiger partial charge on any atom is 0.244 e. The number of nitrogens with one attached hydrogen (secondary N) is 1. The lowest BCUT2D eigenvalue weighted by Gasteiger charge is -2.13. The highest BCUT2D eigenvalue weighted by atomic mass is 16.5. The average molecular weight is 402 g/mol. The molecule has 3 aromatic rings. The summed E-state index contributed by atoms with van der Waals surface area (Å²) in [5, 5.41) is 2.97. The molecule has 0 aromatic heterocycles. The van der Waals surface area contributed by atoms with E-state index in [9.17, 15) is 4.79 Å². The molecule has 1 unspecified atom stereocenters. The van der Waals surface area contributed by atoms with E-state index in [1.165, 1.54) is 11.6 Å². The van der Waals surface area contributed by atoms with Crippen LogP contribution in [0.4, 0.5) is 0 Å². The van der Waals surface area contributed by atoms with Crippen LogP contribution in [0, 0.1) is 6.92 Å². The highest BCUT2D eigenvalue weighted by molar-refractivity contribution is 5.92. The van der Waals surface area contributed by atoms with Gasteiger partial charge in [0.2, 0.25) is 5.91 Å². The molecule has 3 rings (SSSR count). The SMILES string of the molecule is COc1cc(/C=C/C(=O)NC(C)c2ccccc2)ccc1OCc1ccccc1C. The van der Waals surface area contributed by atoms with Gasteiger partial charge in [-0.2, -0.15) is 0 Å². The van der Waals surface area contributed by atoms with Crippen molar-refractivity contribution in [3.63, 3.8) is 0 Å². The van der Waals surface area contributed by atoms with Crippen LogP contribution in [-0.4, -0.2) is 13.0 Å². The fourth-order valence-corrected chi connectivity index (χ4v) is 3.09. The van der Waals surface area contributed by atoms with Gasteiger partial charge in [0.1, 0.15) is 6.61 Å². The van der Waals surface area contributed by atoms with E-state index < -0.39 is 0 Å². The first-order valence-electron chi connectivity index (χ1n) is 9.95. The summed E-state index contributed by atoms with van der Waals surface area (Å²) in [6, 6.07) is 23.6. The van der Waals surface area contributed by atoms with Crippen LogP contribution in [0.5, 0.6) is 11.5 Å². The van der Waals surface area contributed by atoms with E-state index in [1.54, 1.807) is 13.2 Å². The normalized spacial score (nSPS) is 11.8. The maximum absolute atomic E-state index is 12.3. The summed E-state index contributed by atoms with van der Waals surface area (Å²) < 4.78 is 11.4. The molecular formula is C26H27NO3. The fourth-order valence-electron chi connectivity index (χ4n) is 3.09. The molecule has 3 aromatic carbocycles. The van der Waals surface area contributed by atoms with Gasteiger partial charge < -0.3 is 14.8 Å². The molecule has 0 radical (unpaired) electrons. The van der Waals surface area contributed by atoms with Crippen molar-refractivity contribution in [2.75, 3.05) is 7.11 Å². The summed E-state index contributed by atoms with van der Waals surface area (Å²) in [7, 11) is 1.61. The van der Waals surface area contributed by atoms with Gasteiger partial charge in [0, 0.05) is 6.08 Å². The van der Waals surface area contributed by atoms with Gasteiger partial charge in [0.25, 0.3) is 0 Å². The molecule has 0 heterocycles. The quantitative estimate of drug-likeness (QED) is 0.509. The average Bonchev–Trinajstić information content (AvgIpc) is 2.78. The van der Waals surface area contributed by atoms with Gasteiger partial charge in [-0.15, -0.1) is 0 Å². The van der Waals surface area contributed by atoms with Crippen molar-refractivity contribution >= 4 is 12.0 Å². The topological polar surface area (TPSA) is 47.6 Å². The number of methoxy groups -OCH3 is 1. The molecule has 4 nitrogen and oxygen atoms in total. The summed E-state index contributed by atoms with van der Waals surface area (Å²) in [5.41, 5.74) is 4.24. The van der Waals surface area contributed by atoms with Crippen molar-refractivity contribution in [1.29, 1.82) is 0 Å². The smallest absolute Gasteiger partial charge is 0.244 e. The molecule has 0 saturated heterocycles. The van der Waals surface area contributed by atoms with Crippen LogP contribution in [0.1, 0.15) is 35.2 Å². The number of aryl methyl sites for hydroxylation is 1. The van der Waals surface area contributed by atoms with Gasteiger partial charge in [-0.1, -0.05) is 60.7 Å². The zero-order valence-electron chi connectivity index (χ0n) is 17.6. The third kappa shape index (κ3) is 5.74. The standard InChI is InChI=1S/C26H27NO3/c1-19-9-7-8-12-23(19)18-30-24-15-13-21(17-25(24)29-3)14-16-26(28)27-20(2)22-10-5-4-6-11-22/h4-17,20H,18H2,1-3H3,(H,27,28)/b16-14+. The molecule has 30 heavy (non-hydrogen) atoms. The number of ether oxygens (including phenoxy) is 2. The van der Waals surface area contributed by atoms with Gasteiger partial charge in [-0.3, -0.25) is 4.79 Å². The van der Waals surface area contributed by atoms with Gasteiger partial charge in [0.05, 0.1) is 13.2 Å². The predicted octanol–water partition coefficient (Wildman–Crippen LogP) is 5.47. The van der Waals surface area contributed by atoms with Gasteiger partial charge >= 0.3 is 0 Å². The second kappa shape index (κ2) is 10.3. The number of carbonyl (C=O) groups excluding carboxylic acids is 1.